The van der Waals surface area contributed by atoms with Crippen molar-refractivity contribution in [2.75, 3.05) is 0 Å². The van der Waals surface area contributed by atoms with Gasteiger partial charge in [-0.3, -0.25) is 0 Å². The summed E-state index contributed by atoms with van der Waals surface area (Å²) in [6.07, 6.45) is 0. The number of hydrogen-bond acceptors (Lipinski definition) is 6. The predicted octanol–water partition coefficient (Wildman–Crippen LogP) is 18.0. The quantitative estimate of drug-likeness (QED) is 0.152. The topological polar surface area (TPSA) is 51.6 Å². The van der Waals surface area contributed by atoms with Crippen LogP contribution in [-0.4, -0.2) is 19.9 Å². The summed E-state index contributed by atoms with van der Waals surface area (Å²) >= 11 is 3.57. The van der Waals surface area contributed by atoms with Crippen molar-refractivity contribution in [3.8, 4) is 90.1 Å². The Morgan fingerprint density at radius 3 is 1.08 bits per heavy atom. The molecule has 0 aliphatic heterocycles. The molecular formula is C68H42N4S2. The summed E-state index contributed by atoms with van der Waals surface area (Å²) in [5, 5.41) is 7.08. The highest BCUT2D eigenvalue weighted by Crippen LogP contribution is 2.57. The van der Waals surface area contributed by atoms with E-state index < -0.39 is 0 Å². The number of benzene rings is 9. The molecule has 4 aromatic heterocycles. The van der Waals surface area contributed by atoms with Crippen LogP contribution in [0.15, 0.2) is 241 Å². The number of hydrogen-bond donors (Lipinski definition) is 0. The highest BCUT2D eigenvalue weighted by molar-refractivity contribution is 7.18. The Bertz CT molecular complexity index is 4070. The maximum absolute atomic E-state index is 5.39. The number of aromatic nitrogens is 4. The fourth-order valence-corrected chi connectivity index (χ4v) is 13.5. The summed E-state index contributed by atoms with van der Waals surface area (Å²) in [5.41, 5.74) is 22.6. The first kappa shape index (κ1) is 42.7. The molecule has 0 fully saturated rings. The van der Waals surface area contributed by atoms with Crippen molar-refractivity contribution in [3.05, 3.63) is 275 Å². The van der Waals surface area contributed by atoms with Crippen molar-refractivity contribution in [1.82, 2.24) is 19.9 Å². The third kappa shape index (κ3) is 7.17. The summed E-state index contributed by atoms with van der Waals surface area (Å²) in [6.45, 7) is 0. The molecule has 6 heteroatoms. The molecule has 2 atom stereocenters. The van der Waals surface area contributed by atoms with Gasteiger partial charge in [-0.2, -0.15) is 0 Å². The van der Waals surface area contributed by atoms with E-state index >= 15 is 0 Å². The van der Waals surface area contributed by atoms with Crippen LogP contribution >= 0.6 is 22.7 Å². The number of rotatable bonds is 8. The fraction of sp³-hybridized carbons (Fsp3) is 0.0294. The Hall–Kier alpha value is -8.94. The van der Waals surface area contributed by atoms with E-state index in [1.165, 1.54) is 75.8 Å². The van der Waals surface area contributed by atoms with Crippen molar-refractivity contribution < 1.29 is 0 Å². The van der Waals surface area contributed by atoms with Crippen LogP contribution < -0.4 is 0 Å². The van der Waals surface area contributed by atoms with Crippen LogP contribution in [0.5, 0.6) is 0 Å². The van der Waals surface area contributed by atoms with Crippen LogP contribution in [0.4, 0.5) is 0 Å². The SMILES string of the molecule is c1ccc(-c2cc(-c3cccc(-c4csc5ccccc45)c3)nc(-c3ccc4c(c3)C3c5ccccc5C4c4cc(-c5nc(-c6ccccc6)cc(-c6cccc(-c7csc8ccccc78)c6)n5)ccc43)n2)cc1. The zero-order valence-electron chi connectivity index (χ0n) is 39.9. The monoisotopic (exact) mass is 978 g/mol. The summed E-state index contributed by atoms with van der Waals surface area (Å²) in [6, 6.07) is 83.0. The first-order chi connectivity index (χ1) is 36.6. The van der Waals surface area contributed by atoms with Crippen LogP contribution in [0, 0.1) is 0 Å². The molecule has 0 spiro atoms. The normalized spacial score (nSPS) is 14.2. The van der Waals surface area contributed by atoms with Crippen molar-refractivity contribution in [2.45, 2.75) is 11.8 Å². The largest absolute Gasteiger partial charge is 0.228 e. The van der Waals surface area contributed by atoms with E-state index in [1.807, 2.05) is 0 Å². The predicted molar refractivity (Wildman–Crippen MR) is 307 cm³/mol. The maximum Gasteiger partial charge on any atom is 0.160 e. The Morgan fingerprint density at radius 2 is 0.622 bits per heavy atom. The van der Waals surface area contributed by atoms with E-state index in [2.05, 4.69) is 241 Å². The number of thiophene rings is 2. The van der Waals surface area contributed by atoms with Gasteiger partial charge in [-0.05, 0) is 104 Å². The van der Waals surface area contributed by atoms with E-state index in [-0.39, 0.29) is 11.8 Å². The second-order valence-electron chi connectivity index (χ2n) is 19.3. The smallest absolute Gasteiger partial charge is 0.160 e. The van der Waals surface area contributed by atoms with Crippen LogP contribution in [0.25, 0.3) is 110 Å². The molecule has 346 valence electrons. The second kappa shape index (κ2) is 17.4. The van der Waals surface area contributed by atoms with Gasteiger partial charge in [0.2, 0.25) is 0 Å². The molecule has 9 aromatic carbocycles. The molecule has 0 saturated carbocycles. The molecule has 0 saturated heterocycles. The van der Waals surface area contributed by atoms with Crippen LogP contribution in [0.3, 0.4) is 0 Å². The lowest BCUT2D eigenvalue weighted by Gasteiger charge is -2.42. The van der Waals surface area contributed by atoms with Crippen LogP contribution in [0.1, 0.15) is 45.2 Å². The Kier molecular flexibility index (Phi) is 10.0. The Labute approximate surface area is 436 Å². The number of nitrogens with zero attached hydrogens (tertiary/aromatic N) is 4. The van der Waals surface area contributed by atoms with Gasteiger partial charge in [0.1, 0.15) is 0 Å². The molecule has 16 rings (SSSR count). The van der Waals surface area contributed by atoms with Gasteiger partial charge < -0.3 is 0 Å². The van der Waals surface area contributed by atoms with Crippen LogP contribution in [0.2, 0.25) is 0 Å². The van der Waals surface area contributed by atoms with Gasteiger partial charge in [0.25, 0.3) is 0 Å². The highest BCUT2D eigenvalue weighted by atomic mass is 32.1. The lowest BCUT2D eigenvalue weighted by Crippen LogP contribution is -2.27. The van der Waals surface area contributed by atoms with Crippen molar-refractivity contribution in [1.29, 1.82) is 0 Å². The molecule has 0 N–H and O–H groups in total. The van der Waals surface area contributed by atoms with Gasteiger partial charge in [-0.15, -0.1) is 22.7 Å². The average molecular weight is 979 g/mol. The van der Waals surface area contributed by atoms with E-state index in [0.29, 0.717) is 11.6 Å². The highest BCUT2D eigenvalue weighted by Gasteiger charge is 2.41. The zero-order chi connectivity index (χ0) is 48.7. The minimum Gasteiger partial charge on any atom is -0.228 e. The third-order valence-corrected chi connectivity index (χ3v) is 17.0. The summed E-state index contributed by atoms with van der Waals surface area (Å²) in [7, 11) is 0. The molecule has 2 bridgehead atoms. The Balaban J connectivity index is 0.835. The summed E-state index contributed by atoms with van der Waals surface area (Å²) in [5.74, 6) is 1.49. The first-order valence-electron chi connectivity index (χ1n) is 25.1. The van der Waals surface area contributed by atoms with Gasteiger partial charge >= 0.3 is 0 Å². The van der Waals surface area contributed by atoms with Crippen molar-refractivity contribution in [3.63, 3.8) is 0 Å². The minimum atomic E-state index is 0.0344. The average Bonchev–Trinajstić information content (AvgIpc) is 4.13. The van der Waals surface area contributed by atoms with Gasteiger partial charge in [0.05, 0.1) is 22.8 Å². The summed E-state index contributed by atoms with van der Waals surface area (Å²) in [4.78, 5) is 21.4. The minimum absolute atomic E-state index is 0.0344. The molecular weight excluding hydrogens is 937 g/mol. The number of fused-ring (bicyclic) bond motifs is 2. The molecule has 2 unspecified atom stereocenters. The van der Waals surface area contributed by atoms with Gasteiger partial charge in [0, 0.05) is 76.5 Å². The molecule has 74 heavy (non-hydrogen) atoms. The lowest BCUT2D eigenvalue weighted by molar-refractivity contribution is 0.754. The molecule has 0 radical (unpaired) electrons. The molecule has 3 aliphatic rings. The molecule has 4 heterocycles. The van der Waals surface area contributed by atoms with E-state index in [0.717, 1.165) is 56.2 Å². The lowest BCUT2D eigenvalue weighted by atomic mass is 9.61. The maximum atomic E-state index is 5.39. The zero-order valence-corrected chi connectivity index (χ0v) is 41.5. The van der Waals surface area contributed by atoms with E-state index in [9.17, 15) is 0 Å². The van der Waals surface area contributed by atoms with E-state index in [4.69, 9.17) is 19.9 Å². The van der Waals surface area contributed by atoms with Crippen molar-refractivity contribution in [2.24, 2.45) is 0 Å². The van der Waals surface area contributed by atoms with E-state index in [1.54, 1.807) is 22.7 Å². The fourth-order valence-electron chi connectivity index (χ4n) is 11.6. The van der Waals surface area contributed by atoms with Gasteiger partial charge in [-0.1, -0.05) is 182 Å². The van der Waals surface area contributed by atoms with Crippen LogP contribution in [-0.2, 0) is 0 Å². The third-order valence-electron chi connectivity index (χ3n) is 15.0. The molecule has 4 nitrogen and oxygen atoms in total. The summed E-state index contributed by atoms with van der Waals surface area (Å²) < 4.78 is 2.57. The molecule has 0 amide bonds. The standard InChI is InChI=1S/C68H42N4S2/c1-3-15-41(16-4-1)59-37-61(45-21-13-19-43(33-45)57-39-73-63-27-11-9-23-49(57)63)71-67(69-59)47-29-31-53-55(35-47)65-51-25-7-8-26-52(51)66(53)56-36-48(30-32-54(56)65)68-70-60(42-17-5-2-6-18-42)38-62(72-68)46-22-14-20-44(34-46)58-40-74-64-28-12-10-24-50(58)64/h1-40,65-66H. The Morgan fingerprint density at radius 1 is 0.257 bits per heavy atom. The second-order valence-corrected chi connectivity index (χ2v) is 21.1. The van der Waals surface area contributed by atoms with Gasteiger partial charge in [0.15, 0.2) is 11.6 Å². The molecule has 13 aromatic rings. The molecule has 3 aliphatic carbocycles. The van der Waals surface area contributed by atoms with Crippen molar-refractivity contribution >= 4 is 42.8 Å². The van der Waals surface area contributed by atoms with Gasteiger partial charge in [-0.25, -0.2) is 19.9 Å². The first-order valence-corrected chi connectivity index (χ1v) is 26.8.